The molecule has 3 nitrogen and oxygen atoms in total. The lowest BCUT2D eigenvalue weighted by atomic mass is 10.1. The first-order valence-electron chi connectivity index (χ1n) is 5.86. The standard InChI is InChI=1S/C14H13NO2S/c1-9-5-6-12(18-9)13(16)10-3-2-4-11-14(10)17-8-7-15-11/h2-6,15H,7-8H2,1H3. The van der Waals surface area contributed by atoms with Gasteiger partial charge in [-0.1, -0.05) is 6.07 Å². The molecule has 0 radical (unpaired) electrons. The summed E-state index contributed by atoms with van der Waals surface area (Å²) >= 11 is 1.52. The fourth-order valence-corrected chi connectivity index (χ4v) is 2.86. The number of ketones is 1. The van der Waals surface area contributed by atoms with Gasteiger partial charge in [0, 0.05) is 11.4 Å². The summed E-state index contributed by atoms with van der Waals surface area (Å²) in [5, 5.41) is 3.24. The molecule has 0 saturated heterocycles. The first-order valence-corrected chi connectivity index (χ1v) is 6.68. The van der Waals surface area contributed by atoms with Gasteiger partial charge in [-0.3, -0.25) is 4.79 Å². The Balaban J connectivity index is 2.04. The van der Waals surface area contributed by atoms with Gasteiger partial charge in [-0.2, -0.15) is 0 Å². The van der Waals surface area contributed by atoms with Gasteiger partial charge >= 0.3 is 0 Å². The van der Waals surface area contributed by atoms with Gasteiger partial charge in [0.05, 0.1) is 16.1 Å². The highest BCUT2D eigenvalue weighted by Gasteiger charge is 2.20. The van der Waals surface area contributed by atoms with Crippen LogP contribution in [0.15, 0.2) is 30.3 Å². The number of aryl methyl sites for hydroxylation is 1. The molecule has 0 bridgehead atoms. The fourth-order valence-electron chi connectivity index (χ4n) is 2.04. The molecule has 1 aliphatic heterocycles. The quantitative estimate of drug-likeness (QED) is 0.842. The smallest absolute Gasteiger partial charge is 0.206 e. The van der Waals surface area contributed by atoms with E-state index in [9.17, 15) is 4.79 Å². The number of hydrogen-bond acceptors (Lipinski definition) is 4. The van der Waals surface area contributed by atoms with Crippen LogP contribution in [0, 0.1) is 6.92 Å². The largest absolute Gasteiger partial charge is 0.489 e. The molecule has 0 spiro atoms. The van der Waals surface area contributed by atoms with Gasteiger partial charge in [-0.15, -0.1) is 11.3 Å². The van der Waals surface area contributed by atoms with E-state index in [2.05, 4.69) is 5.32 Å². The number of carbonyl (C=O) groups excluding carboxylic acids is 1. The number of fused-ring (bicyclic) bond motifs is 1. The molecule has 1 aromatic carbocycles. The zero-order valence-electron chi connectivity index (χ0n) is 10.0. The molecule has 0 saturated carbocycles. The van der Waals surface area contributed by atoms with Crippen LogP contribution in [-0.2, 0) is 0 Å². The van der Waals surface area contributed by atoms with E-state index in [1.165, 1.54) is 11.3 Å². The number of benzene rings is 1. The molecular formula is C14H13NO2S. The van der Waals surface area contributed by atoms with Gasteiger partial charge in [0.2, 0.25) is 5.78 Å². The Bertz CT molecular complexity index is 604. The van der Waals surface area contributed by atoms with Crippen molar-refractivity contribution in [3.63, 3.8) is 0 Å². The fraction of sp³-hybridized carbons (Fsp3) is 0.214. The van der Waals surface area contributed by atoms with Crippen LogP contribution in [0.25, 0.3) is 0 Å². The van der Waals surface area contributed by atoms with Crippen LogP contribution in [-0.4, -0.2) is 18.9 Å². The van der Waals surface area contributed by atoms with Crippen LogP contribution < -0.4 is 10.1 Å². The predicted molar refractivity (Wildman–Crippen MR) is 72.9 cm³/mol. The maximum atomic E-state index is 12.4. The predicted octanol–water partition coefficient (Wildman–Crippen LogP) is 3.09. The zero-order valence-corrected chi connectivity index (χ0v) is 10.8. The van der Waals surface area contributed by atoms with Crippen LogP contribution in [0.2, 0.25) is 0 Å². The number of carbonyl (C=O) groups is 1. The molecule has 1 N–H and O–H groups in total. The van der Waals surface area contributed by atoms with Crippen molar-refractivity contribution in [1.82, 2.24) is 0 Å². The van der Waals surface area contributed by atoms with Crippen LogP contribution in [0.1, 0.15) is 20.1 Å². The third-order valence-electron chi connectivity index (χ3n) is 2.89. The molecule has 0 aliphatic carbocycles. The lowest BCUT2D eigenvalue weighted by Gasteiger charge is -2.21. The summed E-state index contributed by atoms with van der Waals surface area (Å²) in [6.07, 6.45) is 0. The van der Waals surface area contributed by atoms with Crippen molar-refractivity contribution in [3.05, 3.63) is 45.6 Å². The molecule has 0 unspecified atom stereocenters. The van der Waals surface area contributed by atoms with Crippen molar-refractivity contribution in [2.24, 2.45) is 0 Å². The van der Waals surface area contributed by atoms with Crippen molar-refractivity contribution in [2.45, 2.75) is 6.92 Å². The van der Waals surface area contributed by atoms with Crippen LogP contribution in [0.4, 0.5) is 5.69 Å². The summed E-state index contributed by atoms with van der Waals surface area (Å²) in [7, 11) is 0. The van der Waals surface area contributed by atoms with E-state index < -0.39 is 0 Å². The lowest BCUT2D eigenvalue weighted by Crippen LogP contribution is -2.20. The second-order valence-corrected chi connectivity index (χ2v) is 5.48. The summed E-state index contributed by atoms with van der Waals surface area (Å²) in [4.78, 5) is 14.3. The second-order valence-electron chi connectivity index (χ2n) is 4.20. The van der Waals surface area contributed by atoms with Crippen molar-refractivity contribution in [3.8, 4) is 5.75 Å². The first kappa shape index (κ1) is 11.3. The Kier molecular flexibility index (Phi) is 2.80. The van der Waals surface area contributed by atoms with Crippen molar-refractivity contribution in [1.29, 1.82) is 0 Å². The van der Waals surface area contributed by atoms with Crippen LogP contribution in [0.3, 0.4) is 0 Å². The average molecular weight is 259 g/mol. The van der Waals surface area contributed by atoms with Gasteiger partial charge in [-0.05, 0) is 31.2 Å². The highest BCUT2D eigenvalue weighted by atomic mass is 32.1. The molecule has 18 heavy (non-hydrogen) atoms. The summed E-state index contributed by atoms with van der Waals surface area (Å²) in [5.41, 5.74) is 1.54. The minimum Gasteiger partial charge on any atom is -0.489 e. The molecule has 0 amide bonds. The molecule has 2 aromatic rings. The normalized spacial score (nSPS) is 13.4. The Hall–Kier alpha value is -1.81. The molecule has 1 aliphatic rings. The van der Waals surface area contributed by atoms with Gasteiger partial charge in [0.15, 0.2) is 5.75 Å². The zero-order chi connectivity index (χ0) is 12.5. The number of ether oxygens (including phenoxy) is 1. The number of nitrogens with one attached hydrogen (secondary N) is 1. The van der Waals surface area contributed by atoms with E-state index in [4.69, 9.17) is 4.74 Å². The van der Waals surface area contributed by atoms with Crippen molar-refractivity contribution < 1.29 is 9.53 Å². The Morgan fingerprint density at radius 1 is 1.33 bits per heavy atom. The second kappa shape index (κ2) is 4.46. The van der Waals surface area contributed by atoms with E-state index in [-0.39, 0.29) is 5.78 Å². The van der Waals surface area contributed by atoms with Crippen LogP contribution in [0.5, 0.6) is 5.75 Å². The monoisotopic (exact) mass is 259 g/mol. The minimum absolute atomic E-state index is 0.0358. The summed E-state index contributed by atoms with van der Waals surface area (Å²) in [5.74, 6) is 0.716. The molecule has 3 rings (SSSR count). The number of hydrogen-bond donors (Lipinski definition) is 1. The van der Waals surface area contributed by atoms with E-state index in [1.54, 1.807) is 0 Å². The van der Waals surface area contributed by atoms with E-state index in [1.807, 2.05) is 37.3 Å². The van der Waals surface area contributed by atoms with Gasteiger partial charge in [0.1, 0.15) is 6.61 Å². The Morgan fingerprint density at radius 2 is 2.22 bits per heavy atom. The molecule has 4 heteroatoms. The van der Waals surface area contributed by atoms with Crippen molar-refractivity contribution in [2.75, 3.05) is 18.5 Å². The summed E-state index contributed by atoms with van der Waals surface area (Å²) < 4.78 is 5.63. The van der Waals surface area contributed by atoms with Gasteiger partial charge in [0.25, 0.3) is 0 Å². The topological polar surface area (TPSA) is 38.3 Å². The maximum Gasteiger partial charge on any atom is 0.206 e. The molecule has 2 heterocycles. The van der Waals surface area contributed by atoms with Crippen molar-refractivity contribution >= 4 is 22.8 Å². The number of rotatable bonds is 2. The Morgan fingerprint density at radius 3 is 3.00 bits per heavy atom. The average Bonchev–Trinajstić information content (AvgIpc) is 2.84. The number of para-hydroxylation sites is 1. The maximum absolute atomic E-state index is 12.4. The minimum atomic E-state index is 0.0358. The third-order valence-corrected chi connectivity index (χ3v) is 3.89. The van der Waals surface area contributed by atoms with Crippen LogP contribution >= 0.6 is 11.3 Å². The Labute approximate surface area is 109 Å². The number of thiophene rings is 1. The van der Waals surface area contributed by atoms with Gasteiger partial charge in [-0.25, -0.2) is 0 Å². The van der Waals surface area contributed by atoms with E-state index in [0.29, 0.717) is 17.9 Å². The molecule has 1 aromatic heterocycles. The summed E-state index contributed by atoms with van der Waals surface area (Å²) in [6.45, 7) is 3.38. The lowest BCUT2D eigenvalue weighted by molar-refractivity contribution is 0.103. The van der Waals surface area contributed by atoms with E-state index in [0.717, 1.165) is 22.0 Å². The molecular weight excluding hydrogens is 246 g/mol. The van der Waals surface area contributed by atoms with E-state index >= 15 is 0 Å². The first-order chi connectivity index (χ1) is 8.75. The SMILES string of the molecule is Cc1ccc(C(=O)c2cccc3c2OCCN3)s1. The molecule has 0 fully saturated rings. The molecule has 92 valence electrons. The highest BCUT2D eigenvalue weighted by Crippen LogP contribution is 2.33. The summed E-state index contributed by atoms with van der Waals surface area (Å²) in [6, 6.07) is 9.48. The van der Waals surface area contributed by atoms with Gasteiger partial charge < -0.3 is 10.1 Å². The molecule has 0 atom stereocenters. The number of anilines is 1. The third kappa shape index (κ3) is 1.88. The highest BCUT2D eigenvalue weighted by molar-refractivity contribution is 7.14.